The van der Waals surface area contributed by atoms with Crippen molar-refractivity contribution in [2.75, 3.05) is 5.73 Å². The van der Waals surface area contributed by atoms with Crippen LogP contribution in [0.3, 0.4) is 0 Å². The minimum atomic E-state index is -1.83. The Kier molecular flexibility index (Phi) is 13.1. The second-order valence-corrected chi connectivity index (χ2v) is 4.47. The van der Waals surface area contributed by atoms with Crippen molar-refractivity contribution in [1.82, 2.24) is 15.4 Å². The van der Waals surface area contributed by atoms with E-state index in [2.05, 4.69) is 33.6 Å². The Hall–Kier alpha value is -2.74. The van der Waals surface area contributed by atoms with Gasteiger partial charge in [-0.15, -0.1) is 10.2 Å². The average Bonchev–Trinajstić information content (AvgIpc) is 2.63. The smallest absolute Gasteiger partial charge is 0.0529 e. The molecule has 1 aromatic heterocycles. The Morgan fingerprint density at radius 1 is 0.846 bits per heavy atom. The van der Waals surface area contributed by atoms with Crippen LogP contribution in [0.5, 0.6) is 0 Å². The van der Waals surface area contributed by atoms with Crippen LogP contribution in [0.1, 0.15) is 11.1 Å². The maximum absolute atomic E-state index is 8.56. The van der Waals surface area contributed by atoms with Gasteiger partial charge in [0.1, 0.15) is 0 Å². The van der Waals surface area contributed by atoms with Crippen LogP contribution in [-0.4, -0.2) is 61.3 Å². The number of nitrogens with two attached hydrogens (primary N) is 1. The van der Waals surface area contributed by atoms with Crippen LogP contribution in [0.15, 0.2) is 73.1 Å². The first-order chi connectivity index (χ1) is 12.1. The van der Waals surface area contributed by atoms with Gasteiger partial charge in [-0.05, 0) is 28.5 Å². The van der Waals surface area contributed by atoms with Gasteiger partial charge in [0.05, 0.1) is 12.4 Å². The molecule has 0 bridgehead atoms. The monoisotopic (exact) mass is 362 g/mol. The zero-order valence-electron chi connectivity index (χ0n) is 13.3. The summed E-state index contributed by atoms with van der Waals surface area (Å²) in [6.45, 7) is 0. The predicted octanol–water partition coefficient (Wildman–Crippen LogP) is 2.88. The summed E-state index contributed by atoms with van der Waals surface area (Å²) < 4.78 is 0. The number of benzene rings is 2. The van der Waals surface area contributed by atoms with E-state index in [1.165, 1.54) is 5.56 Å². The van der Waals surface area contributed by atoms with E-state index in [1.807, 2.05) is 48.5 Å². The van der Waals surface area contributed by atoms with E-state index in [1.54, 1.807) is 18.5 Å². The second-order valence-electron chi connectivity index (χ2n) is 4.47. The summed E-state index contributed by atoms with van der Waals surface area (Å²) >= 11 is 0. The molecule has 4 N–H and O–H groups in total. The first-order valence-electron chi connectivity index (χ1n) is 7.17. The number of nitrogens with zero attached hydrogens (tertiary/aromatic N) is 3. The summed E-state index contributed by atoms with van der Waals surface area (Å²) in [4.78, 5) is 8.56. The van der Waals surface area contributed by atoms with Crippen molar-refractivity contribution in [1.29, 1.82) is 0 Å². The number of hydrogen-bond acceptors (Lipinski definition) is 5. The molecule has 0 unspecified atom stereocenters. The van der Waals surface area contributed by atoms with Crippen molar-refractivity contribution in [3.63, 3.8) is 0 Å². The Morgan fingerprint density at radius 2 is 1.38 bits per heavy atom. The van der Waals surface area contributed by atoms with Crippen molar-refractivity contribution < 1.29 is 15.0 Å². The Morgan fingerprint density at radius 3 is 1.85 bits per heavy atom. The van der Waals surface area contributed by atoms with Crippen molar-refractivity contribution in [2.45, 2.75) is 0 Å². The predicted molar refractivity (Wildman–Crippen MR) is 104 cm³/mol. The van der Waals surface area contributed by atoms with Crippen LogP contribution in [0.2, 0.25) is 0 Å². The van der Waals surface area contributed by atoms with E-state index in [0.717, 1.165) is 11.3 Å². The quantitative estimate of drug-likeness (QED) is 0.364. The van der Waals surface area contributed by atoms with E-state index in [0.29, 0.717) is 0 Å². The molecule has 130 valence electrons. The number of para-hydroxylation sites is 1. The molecule has 0 amide bonds. The number of rotatable bonds is 2. The molecule has 3 aromatic rings. The fraction of sp³-hybridized carbons (Fsp3) is 0. The first-order valence-corrected chi connectivity index (χ1v) is 7.17. The molecule has 0 aliphatic heterocycles. The van der Waals surface area contributed by atoms with Gasteiger partial charge >= 0.3 is 35.7 Å². The van der Waals surface area contributed by atoms with Crippen molar-refractivity contribution >= 4 is 53.6 Å². The summed E-state index contributed by atoms with van der Waals surface area (Å²) in [6.07, 6.45) is 5.41. The SMILES string of the molecule is Nc1ccccc1C=Cc1ccccc1.O=C(O)O.[NaH].c1cnnnc1. The van der Waals surface area contributed by atoms with Gasteiger partial charge in [-0.1, -0.05) is 60.7 Å². The number of hydrogen-bond donors (Lipinski definition) is 3. The minimum absolute atomic E-state index is 0. The molecule has 0 radical (unpaired) electrons. The number of aromatic nitrogens is 3. The third kappa shape index (κ3) is 11.7. The minimum Gasteiger partial charge on any atom is -0.139 e. The number of anilines is 1. The molecular weight excluding hydrogens is 343 g/mol. The van der Waals surface area contributed by atoms with Gasteiger partial charge in [0.15, 0.2) is 0 Å². The summed E-state index contributed by atoms with van der Waals surface area (Å²) in [5, 5.41) is 24.1. The van der Waals surface area contributed by atoms with Gasteiger partial charge in [-0.2, -0.15) is 0 Å². The van der Waals surface area contributed by atoms with Crippen LogP contribution in [0.4, 0.5) is 10.5 Å². The molecule has 0 saturated carbocycles. The van der Waals surface area contributed by atoms with Crippen LogP contribution < -0.4 is 5.73 Å². The van der Waals surface area contributed by atoms with Gasteiger partial charge in [-0.3, -0.25) is 0 Å². The number of carboxylic acid groups (broad SMARTS) is 2. The zero-order chi connectivity index (χ0) is 18.3. The standard InChI is InChI=1S/C14H13N.C3H3N3.CH2O3.Na.H/c15-14-9-5-4-8-13(14)11-10-12-6-2-1-3-7-12;1-2-4-6-5-3-1;2-1(3)4;;/h1-11H,15H2;1-3H;(H2,2,3,4);;. The molecule has 0 spiro atoms. The molecule has 3 rings (SSSR count). The normalized spacial score (nSPS) is 8.92. The van der Waals surface area contributed by atoms with Gasteiger partial charge in [0, 0.05) is 5.69 Å². The van der Waals surface area contributed by atoms with Crippen LogP contribution in [-0.2, 0) is 0 Å². The fourth-order valence-electron chi connectivity index (χ4n) is 1.62. The topological polar surface area (TPSA) is 122 Å². The van der Waals surface area contributed by atoms with Gasteiger partial charge in [-0.25, -0.2) is 4.79 Å². The molecule has 2 aromatic carbocycles. The zero-order valence-corrected chi connectivity index (χ0v) is 13.3. The Labute approximate surface area is 173 Å². The molecule has 0 fully saturated rings. The largest absolute Gasteiger partial charge is 0.139 e. The van der Waals surface area contributed by atoms with Crippen molar-refractivity contribution in [2.24, 2.45) is 0 Å². The summed E-state index contributed by atoms with van der Waals surface area (Å²) in [7, 11) is 0. The summed E-state index contributed by atoms with van der Waals surface area (Å²) in [5.74, 6) is 0. The molecule has 8 heteroatoms. The van der Waals surface area contributed by atoms with Gasteiger partial charge in [0.2, 0.25) is 0 Å². The maximum atomic E-state index is 8.56. The molecule has 0 saturated heterocycles. The van der Waals surface area contributed by atoms with Gasteiger partial charge in [0.25, 0.3) is 0 Å². The van der Waals surface area contributed by atoms with Crippen LogP contribution in [0, 0.1) is 0 Å². The van der Waals surface area contributed by atoms with E-state index in [4.69, 9.17) is 20.7 Å². The van der Waals surface area contributed by atoms with Crippen molar-refractivity contribution in [3.8, 4) is 0 Å². The second kappa shape index (κ2) is 14.6. The maximum Gasteiger partial charge on any atom is 0.0529 e. The van der Waals surface area contributed by atoms with Crippen molar-refractivity contribution in [3.05, 3.63) is 84.2 Å². The van der Waals surface area contributed by atoms with Crippen LogP contribution in [0.25, 0.3) is 12.2 Å². The third-order valence-corrected chi connectivity index (χ3v) is 2.66. The molecule has 1 heterocycles. The van der Waals surface area contributed by atoms with Gasteiger partial charge < -0.3 is 15.9 Å². The Balaban J connectivity index is 0.000000473. The molecule has 0 aliphatic rings. The molecule has 0 atom stereocenters. The Bertz CT molecular complexity index is 741. The third-order valence-electron chi connectivity index (χ3n) is 2.66. The molecular formula is C18H19N4NaO3. The van der Waals surface area contributed by atoms with E-state index in [9.17, 15) is 0 Å². The number of nitrogen functional groups attached to an aromatic ring is 1. The van der Waals surface area contributed by atoms with E-state index in [-0.39, 0.29) is 29.6 Å². The first kappa shape index (κ1) is 23.3. The summed E-state index contributed by atoms with van der Waals surface area (Å²) in [6, 6.07) is 19.7. The number of carbonyl (C=O) groups is 1. The van der Waals surface area contributed by atoms with Crippen LogP contribution >= 0.6 is 0 Å². The molecule has 7 nitrogen and oxygen atoms in total. The fourth-order valence-corrected chi connectivity index (χ4v) is 1.62. The molecule has 26 heavy (non-hydrogen) atoms. The van der Waals surface area contributed by atoms with E-state index < -0.39 is 6.16 Å². The molecule has 0 aliphatic carbocycles. The average molecular weight is 362 g/mol. The van der Waals surface area contributed by atoms with E-state index >= 15 is 0 Å². The summed E-state index contributed by atoms with van der Waals surface area (Å²) in [5.41, 5.74) is 8.88.